The van der Waals surface area contributed by atoms with Crippen molar-refractivity contribution in [2.24, 2.45) is 7.05 Å². The van der Waals surface area contributed by atoms with Gasteiger partial charge in [-0.3, -0.25) is 4.79 Å². The first-order chi connectivity index (χ1) is 9.08. The molecule has 19 heavy (non-hydrogen) atoms. The zero-order chi connectivity index (χ0) is 13.8. The summed E-state index contributed by atoms with van der Waals surface area (Å²) in [4.78, 5) is 15.7. The number of pyridine rings is 1. The van der Waals surface area contributed by atoms with Gasteiger partial charge in [-0.1, -0.05) is 11.6 Å². The van der Waals surface area contributed by atoms with Crippen molar-refractivity contribution in [3.63, 3.8) is 0 Å². The van der Waals surface area contributed by atoms with Gasteiger partial charge in [0, 0.05) is 20.0 Å². The molecule has 0 aliphatic heterocycles. The van der Waals surface area contributed by atoms with Crippen molar-refractivity contribution < 1.29 is 4.79 Å². The highest BCUT2D eigenvalue weighted by Gasteiger charge is 2.11. The number of carbonyl (C=O) groups is 1. The lowest BCUT2D eigenvalue weighted by molar-refractivity contribution is 0.0953. The number of aromatic nitrogens is 4. The van der Waals surface area contributed by atoms with Gasteiger partial charge in [-0.25, -0.2) is 4.98 Å². The SMILES string of the molecule is Cn1cnnc1CCNC(=O)c1cc(N)cnc1Cl. The summed E-state index contributed by atoms with van der Waals surface area (Å²) in [5, 5.41) is 10.5. The van der Waals surface area contributed by atoms with Crippen molar-refractivity contribution in [1.82, 2.24) is 25.1 Å². The molecule has 0 aliphatic carbocycles. The van der Waals surface area contributed by atoms with E-state index in [1.165, 1.54) is 12.3 Å². The lowest BCUT2D eigenvalue weighted by Crippen LogP contribution is -2.27. The van der Waals surface area contributed by atoms with Crippen LogP contribution in [0, 0.1) is 0 Å². The number of hydrogen-bond donors (Lipinski definition) is 2. The second kappa shape index (κ2) is 5.66. The molecule has 2 aromatic heterocycles. The van der Waals surface area contributed by atoms with Crippen molar-refractivity contribution in [3.05, 3.63) is 35.1 Å². The van der Waals surface area contributed by atoms with Crippen LogP contribution in [0.5, 0.6) is 0 Å². The molecular formula is C11H13ClN6O. The minimum absolute atomic E-state index is 0.130. The van der Waals surface area contributed by atoms with E-state index in [0.29, 0.717) is 18.7 Å². The third-order valence-corrected chi connectivity index (χ3v) is 2.85. The van der Waals surface area contributed by atoms with Gasteiger partial charge in [0.25, 0.3) is 5.91 Å². The fourth-order valence-electron chi connectivity index (χ4n) is 1.54. The molecule has 2 heterocycles. The van der Waals surface area contributed by atoms with Crippen molar-refractivity contribution in [2.45, 2.75) is 6.42 Å². The number of hydrogen-bond acceptors (Lipinski definition) is 5. The maximum absolute atomic E-state index is 11.9. The maximum atomic E-state index is 11.9. The molecule has 3 N–H and O–H groups in total. The van der Waals surface area contributed by atoms with Gasteiger partial charge in [0.05, 0.1) is 17.4 Å². The number of aryl methyl sites for hydroxylation is 1. The van der Waals surface area contributed by atoms with E-state index in [2.05, 4.69) is 20.5 Å². The molecule has 7 nitrogen and oxygen atoms in total. The average Bonchev–Trinajstić information content (AvgIpc) is 2.78. The molecule has 1 amide bonds. The van der Waals surface area contributed by atoms with Crippen LogP contribution in [-0.4, -0.2) is 32.2 Å². The summed E-state index contributed by atoms with van der Waals surface area (Å²) in [7, 11) is 1.84. The van der Waals surface area contributed by atoms with Crippen molar-refractivity contribution >= 4 is 23.2 Å². The van der Waals surface area contributed by atoms with Gasteiger partial charge < -0.3 is 15.6 Å². The molecular weight excluding hydrogens is 268 g/mol. The zero-order valence-electron chi connectivity index (χ0n) is 10.3. The molecule has 2 rings (SSSR count). The van der Waals surface area contributed by atoms with E-state index < -0.39 is 0 Å². The molecule has 0 bridgehead atoms. The van der Waals surface area contributed by atoms with Crippen LogP contribution < -0.4 is 11.1 Å². The van der Waals surface area contributed by atoms with Gasteiger partial charge in [0.15, 0.2) is 0 Å². The second-order valence-corrected chi connectivity index (χ2v) is 4.33. The fourth-order valence-corrected chi connectivity index (χ4v) is 1.73. The summed E-state index contributed by atoms with van der Waals surface area (Å²) in [6, 6.07) is 1.49. The Labute approximate surface area is 114 Å². The van der Waals surface area contributed by atoms with E-state index >= 15 is 0 Å². The Hall–Kier alpha value is -2.15. The molecule has 0 aromatic carbocycles. The molecule has 0 atom stereocenters. The van der Waals surface area contributed by atoms with E-state index in [0.717, 1.165) is 5.82 Å². The normalized spacial score (nSPS) is 10.4. The number of rotatable bonds is 4. The Morgan fingerprint density at radius 1 is 1.58 bits per heavy atom. The van der Waals surface area contributed by atoms with Gasteiger partial charge in [-0.2, -0.15) is 0 Å². The molecule has 0 saturated carbocycles. The Bertz CT molecular complexity index is 597. The lowest BCUT2D eigenvalue weighted by Gasteiger charge is -2.06. The number of nitrogen functional groups attached to an aromatic ring is 1. The number of nitrogens with zero attached hydrogens (tertiary/aromatic N) is 4. The zero-order valence-corrected chi connectivity index (χ0v) is 11.1. The molecule has 2 aromatic rings. The number of anilines is 1. The van der Waals surface area contributed by atoms with Gasteiger partial charge in [-0.05, 0) is 6.07 Å². The summed E-state index contributed by atoms with van der Waals surface area (Å²) in [6.45, 7) is 0.427. The fraction of sp³-hybridized carbons (Fsp3) is 0.273. The molecule has 100 valence electrons. The topological polar surface area (TPSA) is 98.7 Å². The summed E-state index contributed by atoms with van der Waals surface area (Å²) in [5.74, 6) is 0.476. The van der Waals surface area contributed by atoms with Crippen LogP contribution in [0.2, 0.25) is 5.15 Å². The number of nitrogens with two attached hydrogens (primary N) is 1. The number of halogens is 1. The molecule has 0 unspecified atom stereocenters. The van der Waals surface area contributed by atoms with Crippen LogP contribution in [0.25, 0.3) is 0 Å². The molecule has 8 heteroatoms. The van der Waals surface area contributed by atoms with Crippen LogP contribution >= 0.6 is 11.6 Å². The van der Waals surface area contributed by atoms with Crippen LogP contribution in [0.4, 0.5) is 5.69 Å². The quantitative estimate of drug-likeness (QED) is 0.791. The minimum Gasteiger partial charge on any atom is -0.397 e. The summed E-state index contributed by atoms with van der Waals surface area (Å²) in [5.41, 5.74) is 6.22. The van der Waals surface area contributed by atoms with Gasteiger partial charge in [0.1, 0.15) is 17.3 Å². The van der Waals surface area contributed by atoms with E-state index in [9.17, 15) is 4.79 Å². The highest BCUT2D eigenvalue weighted by Crippen LogP contribution is 2.15. The Morgan fingerprint density at radius 3 is 3.05 bits per heavy atom. The third kappa shape index (κ3) is 3.19. The molecule has 0 aliphatic rings. The smallest absolute Gasteiger partial charge is 0.254 e. The van der Waals surface area contributed by atoms with E-state index in [-0.39, 0.29) is 16.6 Å². The Balaban J connectivity index is 1.94. The Morgan fingerprint density at radius 2 is 2.37 bits per heavy atom. The van der Waals surface area contributed by atoms with Crippen molar-refractivity contribution in [3.8, 4) is 0 Å². The first-order valence-corrected chi connectivity index (χ1v) is 5.98. The maximum Gasteiger partial charge on any atom is 0.254 e. The first-order valence-electron chi connectivity index (χ1n) is 5.60. The highest BCUT2D eigenvalue weighted by atomic mass is 35.5. The summed E-state index contributed by atoms with van der Waals surface area (Å²) >= 11 is 5.84. The summed E-state index contributed by atoms with van der Waals surface area (Å²) in [6.07, 6.45) is 3.59. The predicted octanol–water partition coefficient (Wildman–Crippen LogP) is 0.418. The molecule has 0 saturated heterocycles. The van der Waals surface area contributed by atoms with Crippen molar-refractivity contribution in [2.75, 3.05) is 12.3 Å². The first kappa shape index (κ1) is 13.3. The predicted molar refractivity (Wildman–Crippen MR) is 70.7 cm³/mol. The van der Waals surface area contributed by atoms with Gasteiger partial charge in [-0.15, -0.1) is 10.2 Å². The molecule has 0 spiro atoms. The minimum atomic E-state index is -0.313. The highest BCUT2D eigenvalue weighted by molar-refractivity contribution is 6.32. The van der Waals surface area contributed by atoms with E-state index in [1.54, 1.807) is 10.9 Å². The summed E-state index contributed by atoms with van der Waals surface area (Å²) < 4.78 is 1.79. The van der Waals surface area contributed by atoms with Crippen LogP contribution in [0.15, 0.2) is 18.6 Å². The van der Waals surface area contributed by atoms with Crippen LogP contribution in [0.1, 0.15) is 16.2 Å². The van der Waals surface area contributed by atoms with Crippen molar-refractivity contribution in [1.29, 1.82) is 0 Å². The molecule has 0 fully saturated rings. The second-order valence-electron chi connectivity index (χ2n) is 3.97. The van der Waals surface area contributed by atoms with Crippen LogP contribution in [0.3, 0.4) is 0 Å². The van der Waals surface area contributed by atoms with Gasteiger partial charge in [0.2, 0.25) is 0 Å². The largest absolute Gasteiger partial charge is 0.397 e. The van der Waals surface area contributed by atoms with Gasteiger partial charge >= 0.3 is 0 Å². The lowest BCUT2D eigenvalue weighted by atomic mass is 10.2. The monoisotopic (exact) mass is 280 g/mol. The van der Waals surface area contributed by atoms with E-state index in [1.807, 2.05) is 7.05 Å². The third-order valence-electron chi connectivity index (χ3n) is 2.54. The Kier molecular flexibility index (Phi) is 3.96. The van der Waals surface area contributed by atoms with Crippen LogP contribution in [-0.2, 0) is 13.5 Å². The number of nitrogens with one attached hydrogen (secondary N) is 1. The van der Waals surface area contributed by atoms with E-state index in [4.69, 9.17) is 17.3 Å². The standard InChI is InChI=1S/C11H13ClN6O/c1-18-6-16-17-9(18)2-3-14-11(19)8-4-7(13)5-15-10(8)12/h4-6H,2-3,13H2,1H3,(H,14,19). The average molecular weight is 281 g/mol. The number of carbonyl (C=O) groups excluding carboxylic acids is 1. The molecule has 0 radical (unpaired) electrons. The number of amides is 1.